The Morgan fingerprint density at radius 3 is 2.70 bits per heavy atom. The van der Waals surface area contributed by atoms with Crippen molar-refractivity contribution >= 4 is 61.5 Å². The van der Waals surface area contributed by atoms with Gasteiger partial charge in [0.05, 0.1) is 28.5 Å². The summed E-state index contributed by atoms with van der Waals surface area (Å²) in [5, 5.41) is 8.00. The molecule has 1 aromatic carbocycles. The SMILES string of the molecule is COC(=O)N[C@H](C(=O)N1CCC[C@H]1C1=NC=C(c2ccc(-c3sc(Br)c4c3CC3(CCCC3)C4)c3cnoc23)C1)C(C)C. The monoisotopic (exact) mass is 664 g/mol. The van der Waals surface area contributed by atoms with Crippen LogP contribution in [0.4, 0.5) is 4.79 Å². The number of hydrogen-bond donors (Lipinski definition) is 1. The summed E-state index contributed by atoms with van der Waals surface area (Å²) in [5.41, 5.74) is 8.47. The molecule has 43 heavy (non-hydrogen) atoms. The summed E-state index contributed by atoms with van der Waals surface area (Å²) in [6, 6.07) is 3.63. The topological polar surface area (TPSA) is 97.0 Å². The largest absolute Gasteiger partial charge is 0.453 e. The van der Waals surface area contributed by atoms with E-state index in [4.69, 9.17) is 14.3 Å². The van der Waals surface area contributed by atoms with Gasteiger partial charge in [-0.25, -0.2) is 4.79 Å². The number of ether oxygens (including phenoxy) is 1. The first-order chi connectivity index (χ1) is 20.8. The van der Waals surface area contributed by atoms with E-state index in [0.717, 1.165) is 40.7 Å². The van der Waals surface area contributed by atoms with Crippen LogP contribution >= 0.6 is 27.3 Å². The van der Waals surface area contributed by atoms with Gasteiger partial charge in [0.15, 0.2) is 5.58 Å². The number of aromatic nitrogens is 1. The van der Waals surface area contributed by atoms with Crippen molar-refractivity contribution in [2.75, 3.05) is 13.7 Å². The number of amides is 2. The predicted octanol–water partition coefficient (Wildman–Crippen LogP) is 7.54. The molecule has 2 amide bonds. The van der Waals surface area contributed by atoms with Crippen LogP contribution in [0.25, 0.3) is 27.0 Å². The molecule has 3 aromatic rings. The van der Waals surface area contributed by atoms with Crippen molar-refractivity contribution < 1.29 is 18.8 Å². The molecule has 10 heteroatoms. The van der Waals surface area contributed by atoms with Crippen LogP contribution in [0.3, 0.4) is 0 Å². The number of hydrogen-bond acceptors (Lipinski definition) is 7. The maximum atomic E-state index is 13.6. The predicted molar refractivity (Wildman–Crippen MR) is 172 cm³/mol. The first-order valence-corrected chi connectivity index (χ1v) is 17.0. The van der Waals surface area contributed by atoms with Crippen molar-refractivity contribution in [1.29, 1.82) is 0 Å². The number of fused-ring (bicyclic) bond motifs is 2. The third-order valence-electron chi connectivity index (χ3n) is 10.0. The lowest BCUT2D eigenvalue weighted by Crippen LogP contribution is -2.53. The molecule has 2 aromatic heterocycles. The molecule has 4 aliphatic rings. The van der Waals surface area contributed by atoms with Crippen LogP contribution in [0.15, 0.2) is 37.8 Å². The van der Waals surface area contributed by atoms with Gasteiger partial charge in [-0.3, -0.25) is 9.79 Å². The minimum Gasteiger partial charge on any atom is -0.453 e. The number of methoxy groups -OCH3 is 1. The van der Waals surface area contributed by atoms with Crippen molar-refractivity contribution in [3.8, 4) is 10.4 Å². The number of rotatable bonds is 6. The number of carbonyl (C=O) groups is 2. The number of aliphatic imine (C=N–C) groups is 1. The Bertz CT molecular complexity index is 1660. The second kappa shape index (κ2) is 11.2. The number of likely N-dealkylation sites (tertiary alicyclic amines) is 1. The molecule has 1 saturated heterocycles. The molecule has 0 unspecified atom stereocenters. The van der Waals surface area contributed by atoms with Gasteiger partial charge in [0.2, 0.25) is 5.91 Å². The molecule has 8 nitrogen and oxygen atoms in total. The summed E-state index contributed by atoms with van der Waals surface area (Å²) in [5.74, 6) is -0.158. The Morgan fingerprint density at radius 1 is 1.16 bits per heavy atom. The minimum atomic E-state index is -0.647. The van der Waals surface area contributed by atoms with E-state index in [2.05, 4.69) is 38.5 Å². The van der Waals surface area contributed by atoms with Crippen molar-refractivity contribution in [1.82, 2.24) is 15.4 Å². The highest BCUT2D eigenvalue weighted by Crippen LogP contribution is 2.56. The lowest BCUT2D eigenvalue weighted by atomic mass is 9.83. The second-order valence-electron chi connectivity index (χ2n) is 13.0. The van der Waals surface area contributed by atoms with E-state index in [1.54, 1.807) is 0 Å². The molecule has 1 saturated carbocycles. The van der Waals surface area contributed by atoms with Crippen molar-refractivity contribution in [2.24, 2.45) is 16.3 Å². The molecular weight excluding hydrogens is 628 g/mol. The lowest BCUT2D eigenvalue weighted by Gasteiger charge is -2.31. The number of halogens is 1. The van der Waals surface area contributed by atoms with Crippen LogP contribution in [0.5, 0.6) is 0 Å². The maximum Gasteiger partial charge on any atom is 0.407 e. The summed E-state index contributed by atoms with van der Waals surface area (Å²) >= 11 is 5.74. The Balaban J connectivity index is 1.12. The molecule has 226 valence electrons. The quantitative estimate of drug-likeness (QED) is 0.294. The van der Waals surface area contributed by atoms with Gasteiger partial charge in [-0.15, -0.1) is 11.3 Å². The number of carbonyl (C=O) groups excluding carboxylic acids is 2. The molecule has 2 atom stereocenters. The first-order valence-electron chi connectivity index (χ1n) is 15.4. The molecule has 2 fully saturated rings. The second-order valence-corrected chi connectivity index (χ2v) is 15.3. The van der Waals surface area contributed by atoms with Crippen molar-refractivity contribution in [3.05, 3.63) is 45.0 Å². The van der Waals surface area contributed by atoms with E-state index in [1.807, 2.05) is 42.5 Å². The highest BCUT2D eigenvalue weighted by Gasteiger charge is 2.43. The Labute approximate surface area is 264 Å². The normalized spacial score (nSPS) is 21.5. The molecular formula is C33H37BrN4O4S. The fraction of sp³-hybridized carbons (Fsp3) is 0.515. The fourth-order valence-corrected chi connectivity index (χ4v) is 9.79. The molecule has 0 bridgehead atoms. The van der Waals surface area contributed by atoms with E-state index in [9.17, 15) is 9.59 Å². The molecule has 4 heterocycles. The Hall–Kier alpha value is -2.98. The van der Waals surface area contributed by atoms with E-state index < -0.39 is 12.1 Å². The molecule has 2 aliphatic heterocycles. The molecule has 0 radical (unpaired) electrons. The third-order valence-corrected chi connectivity index (χ3v) is 12.1. The minimum absolute atomic E-state index is 0.0702. The standard InChI is InChI=1S/C33H37BrN4O4S/c1-18(2)27(37-32(40)41-3)31(39)38-12-6-7-26(38)25-13-19(16-35-25)20-8-9-21(24-17-36-42-28(20)24)29-22-14-33(10-4-5-11-33)15-23(22)30(34)43-29/h8-9,16-18,26-27H,4-7,10-15H2,1-3H3,(H,37,40)/t26-,27-/m0/s1. The van der Waals surface area contributed by atoms with E-state index in [-0.39, 0.29) is 17.9 Å². The summed E-state index contributed by atoms with van der Waals surface area (Å²) in [6.07, 6.45) is 13.3. The van der Waals surface area contributed by atoms with Gasteiger partial charge < -0.3 is 19.5 Å². The van der Waals surface area contributed by atoms with Crippen molar-refractivity contribution in [2.45, 2.75) is 83.7 Å². The van der Waals surface area contributed by atoms with E-state index in [0.29, 0.717) is 18.4 Å². The average molecular weight is 666 g/mol. The van der Waals surface area contributed by atoms with Crippen LogP contribution in [0.2, 0.25) is 0 Å². The lowest BCUT2D eigenvalue weighted by molar-refractivity contribution is -0.134. The summed E-state index contributed by atoms with van der Waals surface area (Å²) < 4.78 is 11.9. The highest BCUT2D eigenvalue weighted by molar-refractivity contribution is 9.11. The Kier molecular flexibility index (Phi) is 7.48. The smallest absolute Gasteiger partial charge is 0.407 e. The van der Waals surface area contributed by atoms with Gasteiger partial charge in [-0.1, -0.05) is 44.0 Å². The summed E-state index contributed by atoms with van der Waals surface area (Å²) in [7, 11) is 1.31. The fourth-order valence-electron chi connectivity index (χ4n) is 7.82. The van der Waals surface area contributed by atoms with Crippen LogP contribution < -0.4 is 5.32 Å². The highest BCUT2D eigenvalue weighted by atomic mass is 79.9. The number of benzene rings is 1. The molecule has 2 aliphatic carbocycles. The number of thiophene rings is 1. The van der Waals surface area contributed by atoms with Gasteiger partial charge >= 0.3 is 6.09 Å². The molecule has 1 N–H and O–H groups in total. The number of nitrogens with zero attached hydrogens (tertiary/aromatic N) is 3. The molecule has 1 spiro atoms. The van der Waals surface area contributed by atoms with E-state index in [1.165, 1.54) is 71.0 Å². The zero-order valence-electron chi connectivity index (χ0n) is 24.9. The summed E-state index contributed by atoms with van der Waals surface area (Å²) in [4.78, 5) is 33.6. The average Bonchev–Trinajstić information content (AvgIpc) is 3.84. The third kappa shape index (κ3) is 4.94. The van der Waals surface area contributed by atoms with Gasteiger partial charge in [0.1, 0.15) is 6.04 Å². The van der Waals surface area contributed by atoms with Gasteiger partial charge in [0.25, 0.3) is 0 Å². The van der Waals surface area contributed by atoms with Crippen LogP contribution in [0, 0.1) is 11.3 Å². The van der Waals surface area contributed by atoms with Gasteiger partial charge in [-0.2, -0.15) is 0 Å². The Morgan fingerprint density at radius 2 is 1.93 bits per heavy atom. The van der Waals surface area contributed by atoms with Crippen LogP contribution in [-0.4, -0.2) is 53.5 Å². The first kappa shape index (κ1) is 28.8. The van der Waals surface area contributed by atoms with Crippen LogP contribution in [0.1, 0.15) is 75.5 Å². The van der Waals surface area contributed by atoms with Gasteiger partial charge in [-0.05, 0) is 82.5 Å². The zero-order chi connectivity index (χ0) is 29.9. The van der Waals surface area contributed by atoms with Crippen molar-refractivity contribution in [3.63, 3.8) is 0 Å². The zero-order valence-corrected chi connectivity index (χ0v) is 27.3. The number of allylic oxidation sites excluding steroid dienone is 1. The number of nitrogens with one attached hydrogen (secondary N) is 1. The van der Waals surface area contributed by atoms with Crippen LogP contribution in [-0.2, 0) is 22.4 Å². The molecule has 7 rings (SSSR count). The van der Waals surface area contributed by atoms with E-state index >= 15 is 0 Å². The number of alkyl carbamates (subject to hydrolysis) is 1. The summed E-state index contributed by atoms with van der Waals surface area (Å²) in [6.45, 7) is 4.50. The van der Waals surface area contributed by atoms with Gasteiger partial charge in [0, 0.05) is 40.9 Å². The maximum absolute atomic E-state index is 13.6.